The SMILES string of the molecule is O=C(CC[C@@H]1NC(=O)c2ccccc2NC1=O)Nc1ccc2c(c1)Cc1ccccc1-2. The van der Waals surface area contributed by atoms with Gasteiger partial charge in [0.15, 0.2) is 0 Å². The summed E-state index contributed by atoms with van der Waals surface area (Å²) in [7, 11) is 0. The molecule has 2 aliphatic rings. The van der Waals surface area contributed by atoms with Gasteiger partial charge in [0.25, 0.3) is 5.91 Å². The van der Waals surface area contributed by atoms with Gasteiger partial charge in [-0.25, -0.2) is 0 Å². The second-order valence-corrected chi connectivity index (χ2v) is 7.85. The molecule has 0 aromatic heterocycles. The van der Waals surface area contributed by atoms with Crippen LogP contribution in [-0.4, -0.2) is 23.8 Å². The molecule has 31 heavy (non-hydrogen) atoms. The Hall–Kier alpha value is -3.93. The Kier molecular flexibility index (Phi) is 4.75. The van der Waals surface area contributed by atoms with Crippen LogP contribution in [0.5, 0.6) is 0 Å². The Morgan fingerprint density at radius 1 is 0.903 bits per heavy atom. The van der Waals surface area contributed by atoms with E-state index in [1.54, 1.807) is 24.3 Å². The first-order valence-electron chi connectivity index (χ1n) is 10.3. The van der Waals surface area contributed by atoms with Crippen molar-refractivity contribution in [3.63, 3.8) is 0 Å². The molecule has 1 aliphatic carbocycles. The van der Waals surface area contributed by atoms with Gasteiger partial charge in [0.05, 0.1) is 11.3 Å². The number of para-hydroxylation sites is 1. The normalized spacial score (nSPS) is 16.3. The quantitative estimate of drug-likeness (QED) is 0.478. The van der Waals surface area contributed by atoms with E-state index >= 15 is 0 Å². The van der Waals surface area contributed by atoms with Gasteiger partial charge >= 0.3 is 0 Å². The van der Waals surface area contributed by atoms with Crippen LogP contribution in [0.25, 0.3) is 11.1 Å². The standard InChI is InChI=1S/C25H21N3O3/c29-23(12-11-22-25(31)27-21-8-4-3-7-20(21)24(30)28-22)26-17-9-10-19-16(14-17)13-15-5-1-2-6-18(15)19/h1-10,14,22H,11-13H2,(H,26,29)(H,27,31)(H,28,30)/t22-/m0/s1. The lowest BCUT2D eigenvalue weighted by atomic mass is 10.1. The summed E-state index contributed by atoms with van der Waals surface area (Å²) in [6.07, 6.45) is 1.18. The van der Waals surface area contributed by atoms with Crippen molar-refractivity contribution in [2.45, 2.75) is 25.3 Å². The molecule has 154 valence electrons. The van der Waals surface area contributed by atoms with Crippen molar-refractivity contribution in [2.24, 2.45) is 0 Å². The van der Waals surface area contributed by atoms with Crippen LogP contribution in [0.4, 0.5) is 11.4 Å². The molecule has 0 bridgehead atoms. The lowest BCUT2D eigenvalue weighted by molar-refractivity contribution is -0.118. The minimum Gasteiger partial charge on any atom is -0.340 e. The topological polar surface area (TPSA) is 87.3 Å². The van der Waals surface area contributed by atoms with Gasteiger partial charge < -0.3 is 16.0 Å². The summed E-state index contributed by atoms with van der Waals surface area (Å²) in [5.74, 6) is -0.835. The number of amides is 3. The maximum Gasteiger partial charge on any atom is 0.254 e. The van der Waals surface area contributed by atoms with Crippen LogP contribution in [-0.2, 0) is 16.0 Å². The third kappa shape index (κ3) is 3.68. The third-order valence-electron chi connectivity index (χ3n) is 5.79. The van der Waals surface area contributed by atoms with Gasteiger partial charge in [0.2, 0.25) is 11.8 Å². The lowest BCUT2D eigenvalue weighted by Crippen LogP contribution is -2.41. The van der Waals surface area contributed by atoms with E-state index in [-0.39, 0.29) is 30.6 Å². The van der Waals surface area contributed by atoms with Crippen LogP contribution in [0.3, 0.4) is 0 Å². The highest BCUT2D eigenvalue weighted by Gasteiger charge is 2.28. The number of carbonyl (C=O) groups excluding carboxylic acids is 3. The van der Waals surface area contributed by atoms with E-state index in [0.29, 0.717) is 11.3 Å². The highest BCUT2D eigenvalue weighted by molar-refractivity contribution is 6.10. The molecule has 3 aromatic carbocycles. The van der Waals surface area contributed by atoms with E-state index in [4.69, 9.17) is 0 Å². The fraction of sp³-hybridized carbons (Fsp3) is 0.160. The summed E-state index contributed by atoms with van der Waals surface area (Å²) in [6, 6.07) is 20.3. The predicted octanol–water partition coefficient (Wildman–Crippen LogP) is 3.73. The average molecular weight is 411 g/mol. The van der Waals surface area contributed by atoms with E-state index in [2.05, 4.69) is 28.1 Å². The van der Waals surface area contributed by atoms with Gasteiger partial charge in [0, 0.05) is 12.1 Å². The van der Waals surface area contributed by atoms with E-state index in [1.165, 1.54) is 22.3 Å². The smallest absolute Gasteiger partial charge is 0.254 e. The molecule has 3 N–H and O–H groups in total. The molecule has 3 aromatic rings. The molecular formula is C25H21N3O3. The van der Waals surface area contributed by atoms with Gasteiger partial charge in [-0.05, 0) is 59.4 Å². The maximum atomic E-state index is 12.5. The largest absolute Gasteiger partial charge is 0.340 e. The molecular weight excluding hydrogens is 390 g/mol. The van der Waals surface area contributed by atoms with Crippen molar-refractivity contribution in [3.05, 3.63) is 83.4 Å². The lowest BCUT2D eigenvalue weighted by Gasteiger charge is -2.14. The van der Waals surface area contributed by atoms with Gasteiger partial charge in [-0.15, -0.1) is 0 Å². The van der Waals surface area contributed by atoms with Crippen LogP contribution >= 0.6 is 0 Å². The van der Waals surface area contributed by atoms with E-state index in [0.717, 1.165) is 12.1 Å². The summed E-state index contributed by atoms with van der Waals surface area (Å²) >= 11 is 0. The fourth-order valence-corrected chi connectivity index (χ4v) is 4.24. The minimum absolute atomic E-state index is 0.117. The van der Waals surface area contributed by atoms with Gasteiger partial charge in [-0.3, -0.25) is 14.4 Å². The molecule has 0 spiro atoms. The zero-order valence-electron chi connectivity index (χ0n) is 16.8. The summed E-state index contributed by atoms with van der Waals surface area (Å²) in [5, 5.41) is 8.39. The minimum atomic E-state index is -0.764. The molecule has 0 unspecified atom stereocenters. The molecule has 0 saturated heterocycles. The van der Waals surface area contributed by atoms with Crippen molar-refractivity contribution in [2.75, 3.05) is 10.6 Å². The molecule has 6 nitrogen and oxygen atoms in total. The first kappa shape index (κ1) is 19.1. The number of benzene rings is 3. The monoisotopic (exact) mass is 411 g/mol. The Balaban J connectivity index is 1.22. The highest BCUT2D eigenvalue weighted by Crippen LogP contribution is 2.37. The molecule has 1 aliphatic heterocycles. The molecule has 0 saturated carbocycles. The van der Waals surface area contributed by atoms with Crippen molar-refractivity contribution >= 4 is 29.1 Å². The third-order valence-corrected chi connectivity index (χ3v) is 5.79. The van der Waals surface area contributed by atoms with E-state index in [1.807, 2.05) is 30.3 Å². The number of hydrogen-bond donors (Lipinski definition) is 3. The van der Waals surface area contributed by atoms with Crippen LogP contribution in [0.2, 0.25) is 0 Å². The van der Waals surface area contributed by atoms with Crippen molar-refractivity contribution in [1.29, 1.82) is 0 Å². The molecule has 5 rings (SSSR count). The fourth-order valence-electron chi connectivity index (χ4n) is 4.24. The molecule has 0 fully saturated rings. The van der Waals surface area contributed by atoms with Crippen molar-refractivity contribution < 1.29 is 14.4 Å². The number of carbonyl (C=O) groups is 3. The number of hydrogen-bond acceptors (Lipinski definition) is 3. The maximum absolute atomic E-state index is 12.5. The van der Waals surface area contributed by atoms with Crippen LogP contribution < -0.4 is 16.0 Å². The van der Waals surface area contributed by atoms with Crippen LogP contribution in [0.15, 0.2) is 66.7 Å². The highest BCUT2D eigenvalue weighted by atomic mass is 16.2. The summed E-state index contributed by atoms with van der Waals surface area (Å²) in [5.41, 5.74) is 6.55. The second-order valence-electron chi connectivity index (χ2n) is 7.85. The van der Waals surface area contributed by atoms with Crippen LogP contribution in [0.1, 0.15) is 34.3 Å². The molecule has 1 atom stereocenters. The first-order chi connectivity index (χ1) is 15.1. The van der Waals surface area contributed by atoms with E-state index in [9.17, 15) is 14.4 Å². The number of nitrogens with one attached hydrogen (secondary N) is 3. The summed E-state index contributed by atoms with van der Waals surface area (Å²) in [6.45, 7) is 0. The Morgan fingerprint density at radius 2 is 1.65 bits per heavy atom. The molecule has 0 radical (unpaired) electrons. The summed E-state index contributed by atoms with van der Waals surface area (Å²) in [4.78, 5) is 37.4. The van der Waals surface area contributed by atoms with Gasteiger partial charge in [-0.1, -0.05) is 42.5 Å². The Labute approximate surface area is 179 Å². The van der Waals surface area contributed by atoms with Crippen LogP contribution in [0, 0.1) is 0 Å². The van der Waals surface area contributed by atoms with Crippen molar-refractivity contribution in [1.82, 2.24) is 5.32 Å². The molecule has 3 amide bonds. The van der Waals surface area contributed by atoms with E-state index < -0.39 is 6.04 Å². The zero-order valence-corrected chi connectivity index (χ0v) is 16.8. The first-order valence-corrected chi connectivity index (χ1v) is 10.3. The second kappa shape index (κ2) is 7.72. The Morgan fingerprint density at radius 3 is 2.52 bits per heavy atom. The number of fused-ring (bicyclic) bond motifs is 4. The Bertz CT molecular complexity index is 1220. The van der Waals surface area contributed by atoms with Gasteiger partial charge in [-0.2, -0.15) is 0 Å². The number of rotatable bonds is 4. The average Bonchev–Trinajstić information content (AvgIpc) is 3.08. The zero-order chi connectivity index (χ0) is 21.4. The molecule has 1 heterocycles. The van der Waals surface area contributed by atoms with Gasteiger partial charge in [0.1, 0.15) is 6.04 Å². The predicted molar refractivity (Wildman–Crippen MR) is 119 cm³/mol. The number of anilines is 2. The van der Waals surface area contributed by atoms with Crippen molar-refractivity contribution in [3.8, 4) is 11.1 Å². The summed E-state index contributed by atoms with van der Waals surface area (Å²) < 4.78 is 0. The molecule has 6 heteroatoms.